The number of aromatic nitrogens is 1. The van der Waals surface area contributed by atoms with Gasteiger partial charge in [0.05, 0.1) is 18.4 Å². The number of methoxy groups -OCH3 is 1. The lowest BCUT2D eigenvalue weighted by molar-refractivity contribution is -0.134. The van der Waals surface area contributed by atoms with Crippen molar-refractivity contribution in [2.45, 2.75) is 57.1 Å². The zero-order valence-electron chi connectivity index (χ0n) is 15.4. The third-order valence-electron chi connectivity index (χ3n) is 4.98. The molecular formula is C20H26N2O2S. The van der Waals surface area contributed by atoms with E-state index in [1.54, 1.807) is 7.11 Å². The summed E-state index contributed by atoms with van der Waals surface area (Å²) in [6, 6.07) is 8.71. The van der Waals surface area contributed by atoms with Crippen LogP contribution in [-0.4, -0.2) is 40.7 Å². The van der Waals surface area contributed by atoms with Crippen molar-refractivity contribution in [2.24, 2.45) is 0 Å². The minimum absolute atomic E-state index is 0.219. The molecule has 1 aliphatic heterocycles. The van der Waals surface area contributed by atoms with Crippen molar-refractivity contribution >= 4 is 28.6 Å². The summed E-state index contributed by atoms with van der Waals surface area (Å²) in [5, 5.41) is 2.01. The summed E-state index contributed by atoms with van der Waals surface area (Å²) in [5.41, 5.74) is 2.01. The number of hydrogen-bond acceptors (Lipinski definition) is 4. The molecule has 2 heterocycles. The van der Waals surface area contributed by atoms with Crippen LogP contribution in [0.25, 0.3) is 10.9 Å². The van der Waals surface area contributed by atoms with E-state index in [-0.39, 0.29) is 5.91 Å². The third kappa shape index (κ3) is 3.92. The molecule has 0 bridgehead atoms. The van der Waals surface area contributed by atoms with Crippen molar-refractivity contribution in [3.05, 3.63) is 29.8 Å². The highest BCUT2D eigenvalue weighted by atomic mass is 32.2. The highest BCUT2D eigenvalue weighted by Gasteiger charge is 2.28. The largest absolute Gasteiger partial charge is 0.497 e. The molecule has 1 aromatic carbocycles. The van der Waals surface area contributed by atoms with Crippen molar-refractivity contribution in [3.8, 4) is 5.75 Å². The van der Waals surface area contributed by atoms with Crippen LogP contribution in [0.15, 0.2) is 29.3 Å². The van der Waals surface area contributed by atoms with Gasteiger partial charge in [0.1, 0.15) is 10.8 Å². The number of pyridine rings is 1. The van der Waals surface area contributed by atoms with Gasteiger partial charge in [-0.05, 0) is 63.8 Å². The van der Waals surface area contributed by atoms with Gasteiger partial charge in [0, 0.05) is 23.5 Å². The molecule has 2 atom stereocenters. The van der Waals surface area contributed by atoms with Crippen LogP contribution in [0.1, 0.15) is 38.7 Å². The molecule has 0 saturated carbocycles. The van der Waals surface area contributed by atoms with E-state index in [9.17, 15) is 4.79 Å². The molecule has 1 amide bonds. The smallest absolute Gasteiger partial charge is 0.233 e. The van der Waals surface area contributed by atoms with Gasteiger partial charge in [-0.1, -0.05) is 11.8 Å². The topological polar surface area (TPSA) is 42.4 Å². The predicted molar refractivity (Wildman–Crippen MR) is 103 cm³/mol. The lowest BCUT2D eigenvalue weighted by Gasteiger charge is -2.39. The Hall–Kier alpha value is -1.75. The van der Waals surface area contributed by atoms with Gasteiger partial charge in [0.15, 0.2) is 0 Å². The predicted octanol–water partition coefficient (Wildman–Crippen LogP) is 4.43. The molecule has 0 N–H and O–H groups in total. The Morgan fingerprint density at radius 2 is 2.00 bits per heavy atom. The number of ether oxygens (including phenoxy) is 1. The van der Waals surface area contributed by atoms with E-state index in [4.69, 9.17) is 9.72 Å². The van der Waals surface area contributed by atoms with Crippen LogP contribution in [0.4, 0.5) is 0 Å². The summed E-state index contributed by atoms with van der Waals surface area (Å²) in [5.74, 6) is 1.46. The zero-order valence-corrected chi connectivity index (χ0v) is 16.2. The summed E-state index contributed by atoms with van der Waals surface area (Å²) in [6.07, 6.45) is 3.42. The van der Waals surface area contributed by atoms with E-state index in [0.717, 1.165) is 40.1 Å². The maximum atomic E-state index is 12.7. The molecule has 4 nitrogen and oxygen atoms in total. The molecule has 3 rings (SSSR count). The van der Waals surface area contributed by atoms with Crippen LogP contribution >= 0.6 is 11.8 Å². The van der Waals surface area contributed by atoms with E-state index < -0.39 is 0 Å². The van der Waals surface area contributed by atoms with Gasteiger partial charge in [0.25, 0.3) is 0 Å². The van der Waals surface area contributed by atoms with Gasteiger partial charge in [-0.15, -0.1) is 0 Å². The summed E-state index contributed by atoms with van der Waals surface area (Å²) >= 11 is 1.54. The van der Waals surface area contributed by atoms with Crippen LogP contribution in [-0.2, 0) is 4.79 Å². The molecule has 0 radical (unpaired) electrons. The lowest BCUT2D eigenvalue weighted by atomic mass is 9.98. The Bertz CT molecular complexity index is 768. The Kier molecular flexibility index (Phi) is 5.52. The monoisotopic (exact) mass is 358 g/mol. The molecule has 2 aromatic rings. The van der Waals surface area contributed by atoms with Crippen LogP contribution in [0.5, 0.6) is 5.75 Å². The van der Waals surface area contributed by atoms with E-state index in [1.807, 2.05) is 18.2 Å². The number of aryl methyl sites for hydroxylation is 1. The van der Waals surface area contributed by atoms with E-state index in [1.165, 1.54) is 18.2 Å². The summed E-state index contributed by atoms with van der Waals surface area (Å²) in [7, 11) is 1.66. The number of amides is 1. The van der Waals surface area contributed by atoms with Gasteiger partial charge in [-0.2, -0.15) is 0 Å². The first-order valence-electron chi connectivity index (χ1n) is 8.89. The maximum Gasteiger partial charge on any atom is 0.233 e. The van der Waals surface area contributed by atoms with Gasteiger partial charge in [-0.25, -0.2) is 4.98 Å². The first-order chi connectivity index (χ1) is 12.0. The molecule has 0 spiro atoms. The molecule has 5 heteroatoms. The van der Waals surface area contributed by atoms with E-state index >= 15 is 0 Å². The minimum Gasteiger partial charge on any atom is -0.497 e. The maximum absolute atomic E-state index is 12.7. The van der Waals surface area contributed by atoms with Crippen LogP contribution in [0.3, 0.4) is 0 Å². The third-order valence-corrected chi connectivity index (χ3v) is 6.06. The lowest BCUT2D eigenvalue weighted by Crippen LogP contribution is -2.48. The molecule has 0 unspecified atom stereocenters. The zero-order chi connectivity index (χ0) is 18.0. The van der Waals surface area contributed by atoms with Gasteiger partial charge in [-0.3, -0.25) is 4.79 Å². The van der Waals surface area contributed by atoms with Gasteiger partial charge >= 0.3 is 0 Å². The van der Waals surface area contributed by atoms with E-state index in [0.29, 0.717) is 17.8 Å². The second-order valence-corrected chi connectivity index (χ2v) is 7.85. The Morgan fingerprint density at radius 3 is 2.68 bits per heavy atom. The molecule has 1 aromatic heterocycles. The normalized spacial score (nSPS) is 20.7. The molecule has 1 saturated heterocycles. The van der Waals surface area contributed by atoms with Crippen molar-refractivity contribution in [3.63, 3.8) is 0 Å². The Labute approximate surface area is 153 Å². The quantitative estimate of drug-likeness (QED) is 0.758. The van der Waals surface area contributed by atoms with Crippen LogP contribution < -0.4 is 4.74 Å². The average molecular weight is 359 g/mol. The summed E-state index contributed by atoms with van der Waals surface area (Å²) < 4.78 is 5.29. The fourth-order valence-corrected chi connectivity index (χ4v) is 4.48. The Morgan fingerprint density at radius 1 is 1.28 bits per heavy atom. The number of thioether (sulfide) groups is 1. The number of rotatable bonds is 4. The van der Waals surface area contributed by atoms with Crippen molar-refractivity contribution in [1.82, 2.24) is 9.88 Å². The number of carbonyl (C=O) groups is 1. The molecule has 25 heavy (non-hydrogen) atoms. The second-order valence-electron chi connectivity index (χ2n) is 6.89. The number of fused-ring (bicyclic) bond motifs is 1. The number of nitrogens with zero attached hydrogens (tertiary/aromatic N) is 2. The first kappa shape index (κ1) is 18.1. The minimum atomic E-state index is 0.219. The fraction of sp³-hybridized carbons (Fsp3) is 0.500. The standard InChI is InChI=1S/C20H26N2O2S/c1-13-10-16-8-9-17(24-4)11-18(16)21-20(13)25-12-19(23)22-14(2)6-5-7-15(22)3/h8-11,14-15H,5-7,12H2,1-4H3/t14-,15-/m0/s1. The van der Waals surface area contributed by atoms with E-state index in [2.05, 4.69) is 31.7 Å². The highest BCUT2D eigenvalue weighted by molar-refractivity contribution is 7.99. The molecule has 1 aliphatic rings. The number of piperidine rings is 1. The summed E-state index contributed by atoms with van der Waals surface area (Å²) in [4.78, 5) is 19.5. The average Bonchev–Trinajstić information content (AvgIpc) is 2.59. The molecular weight excluding hydrogens is 332 g/mol. The van der Waals surface area contributed by atoms with Gasteiger partial charge < -0.3 is 9.64 Å². The number of likely N-dealkylation sites (tertiary alicyclic amines) is 1. The molecule has 0 aliphatic carbocycles. The first-order valence-corrected chi connectivity index (χ1v) is 9.87. The summed E-state index contributed by atoms with van der Waals surface area (Å²) in [6.45, 7) is 6.36. The number of benzene rings is 1. The SMILES string of the molecule is COc1ccc2cc(C)c(SCC(=O)N3[C@@H](C)CCC[C@@H]3C)nc2c1. The number of hydrogen-bond donors (Lipinski definition) is 0. The van der Waals surface area contributed by atoms with Crippen molar-refractivity contribution in [1.29, 1.82) is 0 Å². The fourth-order valence-electron chi connectivity index (χ4n) is 3.63. The highest BCUT2D eigenvalue weighted by Crippen LogP contribution is 2.28. The number of carbonyl (C=O) groups excluding carboxylic acids is 1. The Balaban J connectivity index is 1.75. The van der Waals surface area contributed by atoms with Crippen LogP contribution in [0, 0.1) is 6.92 Å². The van der Waals surface area contributed by atoms with Crippen molar-refractivity contribution < 1.29 is 9.53 Å². The van der Waals surface area contributed by atoms with Crippen LogP contribution in [0.2, 0.25) is 0 Å². The van der Waals surface area contributed by atoms with Gasteiger partial charge in [0.2, 0.25) is 5.91 Å². The molecule has 134 valence electrons. The molecule has 1 fully saturated rings. The van der Waals surface area contributed by atoms with Crippen molar-refractivity contribution in [2.75, 3.05) is 12.9 Å². The second kappa shape index (κ2) is 7.65.